The van der Waals surface area contributed by atoms with Crippen LogP contribution in [-0.4, -0.2) is 18.9 Å². The first kappa shape index (κ1) is 14.3. The van der Waals surface area contributed by atoms with Crippen LogP contribution in [0.5, 0.6) is 5.75 Å². The van der Waals surface area contributed by atoms with Gasteiger partial charge in [-0.3, -0.25) is 14.9 Å². The van der Waals surface area contributed by atoms with Crippen LogP contribution in [0.2, 0.25) is 0 Å². The van der Waals surface area contributed by atoms with Gasteiger partial charge in [0.05, 0.1) is 19.2 Å². The molecule has 104 valence electrons. The fourth-order valence-electron chi connectivity index (χ4n) is 2.28. The Balaban J connectivity index is 2.51. The number of nitrogens with one attached hydrogen (secondary N) is 1. The second-order valence-corrected chi connectivity index (χ2v) is 4.54. The summed E-state index contributed by atoms with van der Waals surface area (Å²) in [5, 5.41) is 20.5. The number of benzene rings is 1. The highest BCUT2D eigenvalue weighted by Crippen LogP contribution is 2.41. The van der Waals surface area contributed by atoms with Crippen molar-refractivity contribution in [2.24, 2.45) is 11.3 Å². The van der Waals surface area contributed by atoms with Gasteiger partial charge in [-0.25, -0.2) is 0 Å². The molecule has 0 radical (unpaired) electrons. The summed E-state index contributed by atoms with van der Waals surface area (Å²) in [6.07, 6.45) is 0. The number of hydrogen-bond acceptors (Lipinski definition) is 5. The van der Waals surface area contributed by atoms with Gasteiger partial charge in [-0.1, -0.05) is 18.7 Å². The summed E-state index contributed by atoms with van der Waals surface area (Å²) in [7, 11) is 1.49. The van der Waals surface area contributed by atoms with Crippen LogP contribution < -0.4 is 10.1 Å². The molecule has 1 N–H and O–H groups in total. The Morgan fingerprint density at radius 3 is 2.62 bits per heavy atom. The van der Waals surface area contributed by atoms with E-state index in [1.165, 1.54) is 7.11 Å². The minimum absolute atomic E-state index is 0.223. The number of amides is 2. The van der Waals surface area contributed by atoms with Crippen molar-refractivity contribution in [2.75, 3.05) is 7.11 Å². The molecule has 0 saturated carbocycles. The average Bonchev–Trinajstić information content (AvgIpc) is 2.76. The van der Waals surface area contributed by atoms with Gasteiger partial charge in [-0.2, -0.15) is 10.5 Å². The fraction of sp³-hybridized carbons (Fsp3) is 0.200. The number of rotatable bonds is 3. The van der Waals surface area contributed by atoms with Crippen LogP contribution >= 0.6 is 0 Å². The van der Waals surface area contributed by atoms with Crippen molar-refractivity contribution < 1.29 is 14.3 Å². The zero-order valence-electron chi connectivity index (χ0n) is 11.2. The van der Waals surface area contributed by atoms with E-state index < -0.39 is 23.1 Å². The van der Waals surface area contributed by atoms with Crippen molar-refractivity contribution in [3.05, 3.63) is 36.4 Å². The molecule has 1 unspecified atom stereocenters. The van der Waals surface area contributed by atoms with Gasteiger partial charge in [0, 0.05) is 0 Å². The lowest BCUT2D eigenvalue weighted by atomic mass is 9.74. The first-order valence-corrected chi connectivity index (χ1v) is 6.01. The molecule has 2 amide bonds. The van der Waals surface area contributed by atoms with Crippen molar-refractivity contribution >= 4 is 17.4 Å². The van der Waals surface area contributed by atoms with Crippen LogP contribution in [0.25, 0.3) is 5.57 Å². The number of carbonyl (C=O) groups is 2. The Labute approximate surface area is 121 Å². The quantitative estimate of drug-likeness (QED) is 0.833. The average molecular weight is 281 g/mol. The Hall–Kier alpha value is -3.12. The topological polar surface area (TPSA) is 103 Å². The number of hydrogen-bond donors (Lipinski definition) is 1. The van der Waals surface area contributed by atoms with Crippen molar-refractivity contribution in [3.8, 4) is 17.9 Å². The maximum Gasteiger partial charge on any atom is 0.262 e. The Bertz CT molecular complexity index is 710. The highest BCUT2D eigenvalue weighted by molar-refractivity contribution is 6.15. The van der Waals surface area contributed by atoms with Crippen LogP contribution in [0.4, 0.5) is 0 Å². The van der Waals surface area contributed by atoms with E-state index in [9.17, 15) is 20.1 Å². The summed E-state index contributed by atoms with van der Waals surface area (Å²) in [6, 6.07) is 9.99. The Morgan fingerprint density at radius 2 is 2.05 bits per heavy atom. The largest absolute Gasteiger partial charge is 0.497 e. The molecule has 1 aromatic carbocycles. The van der Waals surface area contributed by atoms with E-state index in [0.29, 0.717) is 11.3 Å². The van der Waals surface area contributed by atoms with Crippen LogP contribution in [0.1, 0.15) is 5.56 Å². The molecule has 0 aromatic heterocycles. The van der Waals surface area contributed by atoms with Crippen molar-refractivity contribution in [3.63, 3.8) is 0 Å². The summed E-state index contributed by atoms with van der Waals surface area (Å²) in [5.41, 5.74) is -1.34. The van der Waals surface area contributed by atoms with E-state index in [1.807, 2.05) is 5.32 Å². The standard InChI is InChI=1S/C15H11N3O3/c1-9(10-4-3-5-11(6-10)21-2)12-13(19)18-14(20)15(12,7-16)8-17/h3-6,12H,1H2,2H3,(H,18,19,20). The Kier molecular flexibility index (Phi) is 3.47. The molecule has 1 heterocycles. The van der Waals surface area contributed by atoms with Gasteiger partial charge in [-0.15, -0.1) is 0 Å². The molecule has 1 fully saturated rings. The number of ether oxygens (including phenoxy) is 1. The zero-order valence-corrected chi connectivity index (χ0v) is 11.2. The number of methoxy groups -OCH3 is 1. The molecule has 2 rings (SSSR count). The minimum atomic E-state index is -2.09. The lowest BCUT2D eigenvalue weighted by molar-refractivity contribution is -0.126. The Morgan fingerprint density at radius 1 is 1.38 bits per heavy atom. The summed E-state index contributed by atoms with van der Waals surface area (Å²) in [5.74, 6) is -2.31. The third-order valence-corrected chi connectivity index (χ3v) is 3.43. The van der Waals surface area contributed by atoms with E-state index in [2.05, 4.69) is 6.58 Å². The molecular formula is C15H11N3O3. The predicted octanol–water partition coefficient (Wildman–Crippen LogP) is 1.01. The van der Waals surface area contributed by atoms with Gasteiger partial charge >= 0.3 is 0 Å². The van der Waals surface area contributed by atoms with Gasteiger partial charge in [-0.05, 0) is 23.3 Å². The third kappa shape index (κ3) is 2.03. The van der Waals surface area contributed by atoms with Crippen molar-refractivity contribution in [2.45, 2.75) is 0 Å². The van der Waals surface area contributed by atoms with Gasteiger partial charge in [0.15, 0.2) is 0 Å². The molecule has 1 saturated heterocycles. The number of nitrogens with zero attached hydrogens (tertiary/aromatic N) is 2. The van der Waals surface area contributed by atoms with Gasteiger partial charge < -0.3 is 4.74 Å². The molecule has 0 bridgehead atoms. The molecular weight excluding hydrogens is 270 g/mol. The van der Waals surface area contributed by atoms with Gasteiger partial charge in [0.1, 0.15) is 11.7 Å². The van der Waals surface area contributed by atoms with E-state index in [0.717, 1.165) is 0 Å². The molecule has 0 aliphatic carbocycles. The van der Waals surface area contributed by atoms with Crippen LogP contribution in [0.15, 0.2) is 30.8 Å². The van der Waals surface area contributed by atoms with E-state index in [-0.39, 0.29) is 5.57 Å². The summed E-state index contributed by atoms with van der Waals surface area (Å²) in [4.78, 5) is 23.8. The minimum Gasteiger partial charge on any atom is -0.497 e. The fourth-order valence-corrected chi connectivity index (χ4v) is 2.28. The van der Waals surface area contributed by atoms with E-state index in [4.69, 9.17) is 4.74 Å². The zero-order chi connectivity index (χ0) is 15.6. The maximum absolute atomic E-state index is 12.0. The lowest BCUT2D eigenvalue weighted by Gasteiger charge is -2.19. The molecule has 21 heavy (non-hydrogen) atoms. The molecule has 1 aliphatic rings. The number of imide groups is 1. The van der Waals surface area contributed by atoms with Gasteiger partial charge in [0.2, 0.25) is 11.3 Å². The van der Waals surface area contributed by atoms with Gasteiger partial charge in [0.25, 0.3) is 5.91 Å². The first-order chi connectivity index (χ1) is 10.00. The second-order valence-electron chi connectivity index (χ2n) is 4.54. The molecule has 6 heteroatoms. The molecule has 1 aliphatic heterocycles. The van der Waals surface area contributed by atoms with Crippen molar-refractivity contribution in [1.82, 2.24) is 5.32 Å². The summed E-state index contributed by atoms with van der Waals surface area (Å²) < 4.78 is 5.08. The van der Waals surface area contributed by atoms with Crippen LogP contribution in [0, 0.1) is 34.0 Å². The highest BCUT2D eigenvalue weighted by Gasteiger charge is 2.58. The van der Waals surface area contributed by atoms with Crippen LogP contribution in [-0.2, 0) is 9.59 Å². The monoisotopic (exact) mass is 281 g/mol. The summed E-state index contributed by atoms with van der Waals surface area (Å²) >= 11 is 0. The highest BCUT2D eigenvalue weighted by atomic mass is 16.5. The predicted molar refractivity (Wildman–Crippen MR) is 72.3 cm³/mol. The smallest absolute Gasteiger partial charge is 0.262 e. The normalized spacial score (nSPS) is 19.3. The maximum atomic E-state index is 12.0. The lowest BCUT2D eigenvalue weighted by Crippen LogP contribution is -2.32. The number of nitriles is 2. The number of carbonyl (C=O) groups excluding carboxylic acids is 2. The molecule has 6 nitrogen and oxygen atoms in total. The second kappa shape index (κ2) is 5.10. The third-order valence-electron chi connectivity index (χ3n) is 3.43. The van der Waals surface area contributed by atoms with E-state index >= 15 is 0 Å². The summed E-state index contributed by atoms with van der Waals surface area (Å²) in [6.45, 7) is 3.79. The first-order valence-electron chi connectivity index (χ1n) is 6.01. The van der Waals surface area contributed by atoms with Crippen molar-refractivity contribution in [1.29, 1.82) is 10.5 Å². The SMILES string of the molecule is C=C(c1cccc(OC)c1)C1C(=O)NC(=O)C1(C#N)C#N. The molecule has 0 spiro atoms. The molecule has 1 aromatic rings. The van der Waals surface area contributed by atoms with E-state index in [1.54, 1.807) is 36.4 Å². The van der Waals surface area contributed by atoms with Crippen LogP contribution in [0.3, 0.4) is 0 Å². The molecule has 1 atom stereocenters.